The summed E-state index contributed by atoms with van der Waals surface area (Å²) in [4.78, 5) is 3.86. The lowest BCUT2D eigenvalue weighted by Gasteiger charge is -2.06. The highest BCUT2D eigenvalue weighted by Crippen LogP contribution is 2.22. The molecule has 0 aliphatic carbocycles. The van der Waals surface area contributed by atoms with Gasteiger partial charge in [-0.1, -0.05) is 28.9 Å². The normalized spacial score (nSPS) is 11.5. The van der Waals surface area contributed by atoms with Gasteiger partial charge >= 0.3 is 0 Å². The second-order valence-electron chi connectivity index (χ2n) is 5.14. The largest absolute Gasteiger partial charge is 0.494 e. The first-order valence-electron chi connectivity index (χ1n) is 7.31. The summed E-state index contributed by atoms with van der Waals surface area (Å²) in [5.74, 6) is -0.502. The van der Waals surface area contributed by atoms with Gasteiger partial charge in [0.25, 0.3) is 0 Å². The maximum atomic E-state index is 13.7. The average molecular weight is 398 g/mol. The molecule has 1 N–H and O–H groups in total. The molecule has 26 heavy (non-hydrogen) atoms. The average Bonchev–Trinajstić information content (AvgIpc) is 3.09. The molecule has 0 bridgehead atoms. The fourth-order valence-electron chi connectivity index (χ4n) is 2.13. The number of aromatic nitrogens is 2. The number of hydrogen-bond donors (Lipinski definition) is 1. The molecule has 0 radical (unpaired) electrons. The minimum Gasteiger partial charge on any atom is -0.494 e. The number of nitrogens with zero attached hydrogens (tertiary/aromatic N) is 2. The summed E-state index contributed by atoms with van der Waals surface area (Å²) in [5, 5.41) is 4.29. The third-order valence-corrected chi connectivity index (χ3v) is 5.03. The number of benzene rings is 2. The minimum atomic E-state index is -3.96. The van der Waals surface area contributed by atoms with Crippen LogP contribution >= 0.6 is 11.6 Å². The van der Waals surface area contributed by atoms with E-state index in [1.807, 2.05) is 0 Å². The molecule has 0 atom stereocenters. The van der Waals surface area contributed by atoms with Crippen molar-refractivity contribution in [3.63, 3.8) is 0 Å². The predicted molar refractivity (Wildman–Crippen MR) is 91.7 cm³/mol. The Morgan fingerprint density at radius 3 is 2.77 bits per heavy atom. The Balaban J connectivity index is 1.73. The monoisotopic (exact) mass is 397 g/mol. The zero-order valence-corrected chi connectivity index (χ0v) is 15.0. The van der Waals surface area contributed by atoms with Gasteiger partial charge in [-0.25, -0.2) is 17.5 Å². The van der Waals surface area contributed by atoms with Gasteiger partial charge in [0.05, 0.1) is 18.6 Å². The number of sulfonamides is 1. The highest BCUT2D eigenvalue weighted by molar-refractivity contribution is 7.89. The summed E-state index contributed by atoms with van der Waals surface area (Å²) in [6.45, 7) is -0.246. The van der Waals surface area contributed by atoms with E-state index < -0.39 is 15.8 Å². The molecular formula is C16H13ClFN3O4S. The van der Waals surface area contributed by atoms with Gasteiger partial charge in [0, 0.05) is 10.6 Å². The molecule has 0 saturated heterocycles. The zero-order chi connectivity index (χ0) is 18.7. The quantitative estimate of drug-likeness (QED) is 0.687. The van der Waals surface area contributed by atoms with Crippen LogP contribution in [0, 0.1) is 5.82 Å². The Hall–Kier alpha value is -2.49. The van der Waals surface area contributed by atoms with E-state index in [0.29, 0.717) is 10.6 Å². The van der Waals surface area contributed by atoms with E-state index in [-0.39, 0.29) is 28.9 Å². The first-order valence-corrected chi connectivity index (χ1v) is 9.17. The van der Waals surface area contributed by atoms with Crippen LogP contribution in [0.5, 0.6) is 5.75 Å². The molecule has 0 aliphatic heterocycles. The summed E-state index contributed by atoms with van der Waals surface area (Å²) in [6.07, 6.45) is 0. The van der Waals surface area contributed by atoms with Crippen LogP contribution in [0.4, 0.5) is 4.39 Å². The maximum absolute atomic E-state index is 13.7. The molecule has 3 rings (SSSR count). The van der Waals surface area contributed by atoms with Gasteiger partial charge in [-0.05, 0) is 30.3 Å². The van der Waals surface area contributed by atoms with Gasteiger partial charge in [-0.3, -0.25) is 0 Å². The Kier molecular flexibility index (Phi) is 5.21. The lowest BCUT2D eigenvalue weighted by atomic mass is 10.2. The van der Waals surface area contributed by atoms with Gasteiger partial charge in [-0.2, -0.15) is 4.98 Å². The smallest absolute Gasteiger partial charge is 0.242 e. The molecule has 0 spiro atoms. The Labute approximate surface area is 153 Å². The molecule has 3 aromatic rings. The van der Waals surface area contributed by atoms with Crippen LogP contribution in [0.2, 0.25) is 5.02 Å². The van der Waals surface area contributed by atoms with Crippen molar-refractivity contribution >= 4 is 21.6 Å². The number of nitrogens with one attached hydrogen (secondary N) is 1. The number of rotatable bonds is 6. The van der Waals surface area contributed by atoms with Crippen molar-refractivity contribution in [2.24, 2.45) is 0 Å². The molecular weight excluding hydrogens is 385 g/mol. The standard InChI is InChI=1S/C16H13ClFN3O4S/c1-24-14-6-5-12(8-13(14)18)26(22,23)19-9-15-20-16(21-25-15)10-3-2-4-11(17)7-10/h2-8,19H,9H2,1H3. The number of halogens is 2. The van der Waals surface area contributed by atoms with Crippen molar-refractivity contribution in [3.05, 3.63) is 59.2 Å². The van der Waals surface area contributed by atoms with Crippen molar-refractivity contribution in [1.29, 1.82) is 0 Å². The van der Waals surface area contributed by atoms with Gasteiger partial charge in [0.2, 0.25) is 21.7 Å². The molecule has 2 aromatic carbocycles. The summed E-state index contributed by atoms with van der Waals surface area (Å²) >= 11 is 5.91. The van der Waals surface area contributed by atoms with Crippen molar-refractivity contribution in [2.45, 2.75) is 11.4 Å². The van der Waals surface area contributed by atoms with E-state index in [4.69, 9.17) is 20.9 Å². The van der Waals surface area contributed by atoms with Crippen LogP contribution in [-0.2, 0) is 16.6 Å². The van der Waals surface area contributed by atoms with E-state index >= 15 is 0 Å². The van der Waals surface area contributed by atoms with Crippen LogP contribution in [0.1, 0.15) is 5.89 Å². The van der Waals surface area contributed by atoms with Crippen LogP contribution in [0.15, 0.2) is 51.9 Å². The van der Waals surface area contributed by atoms with Crippen LogP contribution in [0.3, 0.4) is 0 Å². The first kappa shape index (κ1) is 18.3. The molecule has 0 amide bonds. The third-order valence-electron chi connectivity index (χ3n) is 3.40. The molecule has 0 saturated carbocycles. The summed E-state index contributed by atoms with van der Waals surface area (Å²) in [7, 11) is -2.67. The highest BCUT2D eigenvalue weighted by atomic mass is 35.5. The summed E-state index contributed by atoms with van der Waals surface area (Å²) in [5.41, 5.74) is 0.632. The van der Waals surface area contributed by atoms with Gasteiger partial charge < -0.3 is 9.26 Å². The lowest BCUT2D eigenvalue weighted by molar-refractivity contribution is 0.375. The fourth-order valence-corrected chi connectivity index (χ4v) is 3.30. The Bertz CT molecular complexity index is 1040. The molecule has 136 valence electrons. The minimum absolute atomic E-state index is 0.0491. The van der Waals surface area contributed by atoms with Crippen LogP contribution < -0.4 is 9.46 Å². The maximum Gasteiger partial charge on any atom is 0.242 e. The first-order chi connectivity index (χ1) is 12.4. The van der Waals surface area contributed by atoms with Crippen LogP contribution in [0.25, 0.3) is 11.4 Å². The molecule has 0 unspecified atom stereocenters. The SMILES string of the molecule is COc1ccc(S(=O)(=O)NCc2nc(-c3cccc(Cl)c3)no2)cc1F. The van der Waals surface area contributed by atoms with E-state index in [2.05, 4.69) is 14.9 Å². The number of hydrogen-bond acceptors (Lipinski definition) is 6. The van der Waals surface area contributed by atoms with Crippen molar-refractivity contribution in [2.75, 3.05) is 7.11 Å². The van der Waals surface area contributed by atoms with E-state index in [9.17, 15) is 12.8 Å². The molecule has 0 aliphatic rings. The molecule has 7 nitrogen and oxygen atoms in total. The van der Waals surface area contributed by atoms with Crippen molar-refractivity contribution in [1.82, 2.24) is 14.9 Å². The predicted octanol–water partition coefficient (Wildman–Crippen LogP) is 3.02. The summed E-state index contributed by atoms with van der Waals surface area (Å²) < 4.78 is 50.3. The topological polar surface area (TPSA) is 94.3 Å². The number of methoxy groups -OCH3 is 1. The lowest BCUT2D eigenvalue weighted by Crippen LogP contribution is -2.23. The fraction of sp³-hybridized carbons (Fsp3) is 0.125. The van der Waals surface area contributed by atoms with E-state index in [1.54, 1.807) is 24.3 Å². The van der Waals surface area contributed by atoms with Gasteiger partial charge in [0.15, 0.2) is 11.6 Å². The molecule has 1 aromatic heterocycles. The molecule has 0 fully saturated rings. The summed E-state index contributed by atoms with van der Waals surface area (Å²) in [6, 6.07) is 10.2. The zero-order valence-electron chi connectivity index (χ0n) is 13.4. The molecule has 1 heterocycles. The highest BCUT2D eigenvalue weighted by Gasteiger charge is 2.18. The Morgan fingerprint density at radius 1 is 1.27 bits per heavy atom. The van der Waals surface area contributed by atoms with E-state index in [0.717, 1.165) is 6.07 Å². The second-order valence-corrected chi connectivity index (χ2v) is 7.35. The molecule has 10 heteroatoms. The van der Waals surface area contributed by atoms with Crippen molar-refractivity contribution in [3.8, 4) is 17.1 Å². The second kappa shape index (κ2) is 7.40. The van der Waals surface area contributed by atoms with Gasteiger partial charge in [0.1, 0.15) is 0 Å². The van der Waals surface area contributed by atoms with Crippen LogP contribution in [-0.4, -0.2) is 25.7 Å². The van der Waals surface area contributed by atoms with Crippen molar-refractivity contribution < 1.29 is 22.1 Å². The van der Waals surface area contributed by atoms with E-state index in [1.165, 1.54) is 19.2 Å². The Morgan fingerprint density at radius 2 is 2.08 bits per heavy atom. The van der Waals surface area contributed by atoms with Gasteiger partial charge in [-0.15, -0.1) is 0 Å². The number of ether oxygens (including phenoxy) is 1. The third kappa shape index (κ3) is 4.01.